The first kappa shape index (κ1) is 19.9. The lowest BCUT2D eigenvalue weighted by molar-refractivity contribution is 0.252. The fourth-order valence-electron chi connectivity index (χ4n) is 4.00. The van der Waals surface area contributed by atoms with Crippen molar-refractivity contribution in [3.63, 3.8) is 0 Å². The summed E-state index contributed by atoms with van der Waals surface area (Å²) in [5, 5.41) is 11.1. The van der Waals surface area contributed by atoms with Gasteiger partial charge >= 0.3 is 6.03 Å². The van der Waals surface area contributed by atoms with Crippen molar-refractivity contribution in [2.24, 2.45) is 0 Å². The second-order valence-corrected chi connectivity index (χ2v) is 7.94. The highest BCUT2D eigenvalue weighted by atomic mass is 16.5. The molecule has 0 spiro atoms. The SMILES string of the molecule is Cc1cc(Nc2ncnc3ccc(N4CCNC4=O)cc23)ccc1Oc1ccn2ncnc2c1. The van der Waals surface area contributed by atoms with Gasteiger partial charge in [-0.1, -0.05) is 0 Å². The predicted molar refractivity (Wildman–Crippen MR) is 128 cm³/mol. The molecule has 4 heterocycles. The van der Waals surface area contributed by atoms with E-state index in [1.807, 2.05) is 61.7 Å². The second-order valence-electron chi connectivity index (χ2n) is 7.94. The van der Waals surface area contributed by atoms with Crippen LogP contribution in [0, 0.1) is 6.92 Å². The van der Waals surface area contributed by atoms with Gasteiger partial charge in [0.15, 0.2) is 5.65 Å². The second kappa shape index (κ2) is 8.00. The van der Waals surface area contributed by atoms with Crippen molar-refractivity contribution in [2.45, 2.75) is 6.92 Å². The van der Waals surface area contributed by atoms with E-state index in [1.165, 1.54) is 12.7 Å². The van der Waals surface area contributed by atoms with Gasteiger partial charge in [0.2, 0.25) is 0 Å². The van der Waals surface area contributed by atoms with Crippen LogP contribution in [0.25, 0.3) is 16.6 Å². The molecule has 0 aliphatic carbocycles. The molecule has 168 valence electrons. The molecule has 1 aliphatic heterocycles. The minimum Gasteiger partial charge on any atom is -0.457 e. The number of nitrogens with one attached hydrogen (secondary N) is 2. The number of pyridine rings is 1. The lowest BCUT2D eigenvalue weighted by atomic mass is 10.1. The highest BCUT2D eigenvalue weighted by molar-refractivity contribution is 5.99. The number of carbonyl (C=O) groups is 1. The molecule has 2 amide bonds. The molecule has 0 saturated carbocycles. The first-order valence-corrected chi connectivity index (χ1v) is 10.8. The Morgan fingerprint density at radius 3 is 2.82 bits per heavy atom. The lowest BCUT2D eigenvalue weighted by Gasteiger charge is -2.16. The normalized spacial score (nSPS) is 13.4. The minimum atomic E-state index is -0.0971. The van der Waals surface area contributed by atoms with E-state index in [4.69, 9.17) is 4.74 Å². The molecule has 3 aromatic heterocycles. The summed E-state index contributed by atoms with van der Waals surface area (Å²) in [7, 11) is 0. The average Bonchev–Trinajstić information content (AvgIpc) is 3.49. The Morgan fingerprint density at radius 2 is 1.97 bits per heavy atom. The summed E-state index contributed by atoms with van der Waals surface area (Å²) in [6.45, 7) is 3.25. The van der Waals surface area contributed by atoms with Crippen LogP contribution in [-0.2, 0) is 0 Å². The standard InChI is InChI=1S/C24H20N8O2/c1-15-10-16(2-5-21(15)34-18-6-8-32-22(12-18)27-14-29-32)30-23-19-11-17(31-9-7-25-24(31)33)3-4-20(19)26-13-28-23/h2-6,8,10-14H,7,9H2,1H3,(H,25,33)(H,26,28,30). The molecule has 34 heavy (non-hydrogen) atoms. The summed E-state index contributed by atoms with van der Waals surface area (Å²) >= 11 is 0. The van der Waals surface area contributed by atoms with Crippen LogP contribution in [0.3, 0.4) is 0 Å². The Kier molecular flexibility index (Phi) is 4.69. The van der Waals surface area contributed by atoms with E-state index in [9.17, 15) is 4.79 Å². The van der Waals surface area contributed by atoms with Crippen LogP contribution in [-0.4, -0.2) is 43.7 Å². The number of amides is 2. The minimum absolute atomic E-state index is 0.0971. The predicted octanol–water partition coefficient (Wildman–Crippen LogP) is 4.05. The highest BCUT2D eigenvalue weighted by Crippen LogP contribution is 2.31. The van der Waals surface area contributed by atoms with Gasteiger partial charge in [-0.15, -0.1) is 0 Å². The molecule has 0 unspecified atom stereocenters. The van der Waals surface area contributed by atoms with Crippen LogP contribution in [0.2, 0.25) is 0 Å². The number of fused-ring (bicyclic) bond motifs is 2. The van der Waals surface area contributed by atoms with Gasteiger partial charge < -0.3 is 15.4 Å². The van der Waals surface area contributed by atoms with Crippen molar-refractivity contribution >= 4 is 39.8 Å². The maximum Gasteiger partial charge on any atom is 0.321 e. The van der Waals surface area contributed by atoms with Gasteiger partial charge in [0, 0.05) is 42.1 Å². The van der Waals surface area contributed by atoms with Crippen LogP contribution in [0.1, 0.15) is 5.56 Å². The van der Waals surface area contributed by atoms with Gasteiger partial charge in [-0.2, -0.15) is 5.10 Å². The Balaban J connectivity index is 1.27. The summed E-state index contributed by atoms with van der Waals surface area (Å²) in [4.78, 5) is 26.8. The van der Waals surface area contributed by atoms with E-state index < -0.39 is 0 Å². The third kappa shape index (κ3) is 3.60. The molecular weight excluding hydrogens is 432 g/mol. The number of anilines is 3. The molecule has 6 rings (SSSR count). The summed E-state index contributed by atoms with van der Waals surface area (Å²) < 4.78 is 7.75. The third-order valence-corrected chi connectivity index (χ3v) is 5.70. The Morgan fingerprint density at radius 1 is 1.03 bits per heavy atom. The summed E-state index contributed by atoms with van der Waals surface area (Å²) in [5.41, 5.74) is 4.14. The van der Waals surface area contributed by atoms with Crippen molar-refractivity contribution in [1.82, 2.24) is 29.9 Å². The fraction of sp³-hybridized carbons (Fsp3) is 0.125. The lowest BCUT2D eigenvalue weighted by Crippen LogP contribution is -2.27. The number of hydrogen-bond acceptors (Lipinski definition) is 7. The Hall–Kier alpha value is -4.73. The Bertz CT molecular complexity index is 1550. The first-order valence-electron chi connectivity index (χ1n) is 10.8. The number of hydrogen-bond donors (Lipinski definition) is 2. The average molecular weight is 452 g/mol. The fourth-order valence-corrected chi connectivity index (χ4v) is 4.00. The van der Waals surface area contributed by atoms with Gasteiger partial charge in [-0.25, -0.2) is 24.3 Å². The molecule has 0 atom stereocenters. The van der Waals surface area contributed by atoms with E-state index in [0.29, 0.717) is 24.7 Å². The quantitative estimate of drug-likeness (QED) is 0.414. The van der Waals surface area contributed by atoms with E-state index >= 15 is 0 Å². The van der Waals surface area contributed by atoms with Crippen LogP contribution >= 0.6 is 0 Å². The van der Waals surface area contributed by atoms with Crippen LogP contribution in [0.4, 0.5) is 22.0 Å². The summed E-state index contributed by atoms with van der Waals surface area (Å²) in [5.74, 6) is 2.09. The zero-order valence-corrected chi connectivity index (χ0v) is 18.3. The van der Waals surface area contributed by atoms with Crippen molar-refractivity contribution in [3.05, 3.63) is 72.9 Å². The molecular formula is C24H20N8O2. The third-order valence-electron chi connectivity index (χ3n) is 5.70. The summed E-state index contributed by atoms with van der Waals surface area (Å²) in [6.07, 6.45) is 4.84. The van der Waals surface area contributed by atoms with Gasteiger partial charge in [0.1, 0.15) is 30.0 Å². The number of ether oxygens (including phenoxy) is 1. The van der Waals surface area contributed by atoms with Crippen molar-refractivity contribution in [2.75, 3.05) is 23.3 Å². The van der Waals surface area contributed by atoms with Crippen LogP contribution in [0.15, 0.2) is 67.4 Å². The molecule has 2 aromatic carbocycles. The van der Waals surface area contributed by atoms with Gasteiger partial charge in [0.25, 0.3) is 0 Å². The van der Waals surface area contributed by atoms with Gasteiger partial charge in [-0.05, 0) is 55.0 Å². The van der Waals surface area contributed by atoms with Crippen LogP contribution < -0.4 is 20.3 Å². The number of aromatic nitrogens is 5. The molecule has 0 bridgehead atoms. The molecule has 1 saturated heterocycles. The Labute approximate surface area is 194 Å². The summed E-state index contributed by atoms with van der Waals surface area (Å²) in [6, 6.07) is 15.2. The molecule has 0 radical (unpaired) electrons. The first-order chi connectivity index (χ1) is 16.6. The zero-order valence-electron chi connectivity index (χ0n) is 18.3. The van der Waals surface area contributed by atoms with Crippen molar-refractivity contribution in [1.29, 1.82) is 0 Å². The highest BCUT2D eigenvalue weighted by Gasteiger charge is 2.21. The topological polar surface area (TPSA) is 110 Å². The smallest absolute Gasteiger partial charge is 0.321 e. The molecule has 10 nitrogen and oxygen atoms in total. The number of aryl methyl sites for hydroxylation is 1. The van der Waals surface area contributed by atoms with Crippen LogP contribution in [0.5, 0.6) is 11.5 Å². The molecule has 10 heteroatoms. The van der Waals surface area contributed by atoms with E-state index in [-0.39, 0.29) is 6.03 Å². The number of carbonyl (C=O) groups excluding carboxylic acids is 1. The van der Waals surface area contributed by atoms with E-state index in [2.05, 4.69) is 30.7 Å². The van der Waals surface area contributed by atoms with Crippen molar-refractivity contribution in [3.8, 4) is 11.5 Å². The molecule has 1 aliphatic rings. The van der Waals surface area contributed by atoms with E-state index in [0.717, 1.165) is 39.2 Å². The maximum atomic E-state index is 12.1. The zero-order chi connectivity index (χ0) is 23.1. The number of nitrogens with zero attached hydrogens (tertiary/aromatic N) is 6. The monoisotopic (exact) mass is 452 g/mol. The molecule has 5 aromatic rings. The number of benzene rings is 2. The largest absolute Gasteiger partial charge is 0.457 e. The van der Waals surface area contributed by atoms with Crippen molar-refractivity contribution < 1.29 is 9.53 Å². The number of rotatable bonds is 5. The van der Waals surface area contributed by atoms with E-state index in [1.54, 1.807) is 9.42 Å². The van der Waals surface area contributed by atoms with Gasteiger partial charge in [-0.3, -0.25) is 4.90 Å². The maximum absolute atomic E-state index is 12.1. The van der Waals surface area contributed by atoms with Gasteiger partial charge in [0.05, 0.1) is 5.52 Å². The molecule has 2 N–H and O–H groups in total. The molecule has 1 fully saturated rings. The number of urea groups is 1.